The molecule has 21 heavy (non-hydrogen) atoms. The van der Waals surface area contributed by atoms with E-state index in [9.17, 15) is 0 Å². The molecule has 118 valence electrons. The average molecular weight is 291 g/mol. The van der Waals surface area contributed by atoms with Crippen molar-refractivity contribution in [3.63, 3.8) is 0 Å². The summed E-state index contributed by atoms with van der Waals surface area (Å²) in [5.41, 5.74) is 1.30. The lowest BCUT2D eigenvalue weighted by Gasteiger charge is -2.30. The van der Waals surface area contributed by atoms with Crippen LogP contribution < -0.4 is 10.1 Å². The molecule has 1 fully saturated rings. The van der Waals surface area contributed by atoms with Gasteiger partial charge in [0.2, 0.25) is 0 Å². The van der Waals surface area contributed by atoms with Crippen LogP contribution >= 0.6 is 0 Å². The Hall–Kier alpha value is -1.06. The average Bonchev–Trinajstić information content (AvgIpc) is 2.53. The fourth-order valence-electron chi connectivity index (χ4n) is 2.93. The van der Waals surface area contributed by atoms with Crippen molar-refractivity contribution >= 4 is 0 Å². The van der Waals surface area contributed by atoms with Gasteiger partial charge in [0.05, 0.1) is 6.61 Å². The van der Waals surface area contributed by atoms with Gasteiger partial charge in [-0.05, 0) is 62.8 Å². The monoisotopic (exact) mass is 291 g/mol. The summed E-state index contributed by atoms with van der Waals surface area (Å²) in [6.07, 6.45) is 7.38. The molecule has 1 aliphatic carbocycles. The van der Waals surface area contributed by atoms with E-state index in [4.69, 9.17) is 9.47 Å². The lowest BCUT2D eigenvalue weighted by molar-refractivity contribution is 0.135. The minimum absolute atomic E-state index is 0.359. The maximum Gasteiger partial charge on any atom is 0.119 e. The van der Waals surface area contributed by atoms with Gasteiger partial charge in [0, 0.05) is 13.2 Å². The normalized spacial score (nSPS) is 22.2. The Labute approximate surface area is 129 Å². The predicted molar refractivity (Wildman–Crippen MR) is 87.0 cm³/mol. The van der Waals surface area contributed by atoms with Gasteiger partial charge in [-0.15, -0.1) is 0 Å². The van der Waals surface area contributed by atoms with E-state index in [1.807, 2.05) is 0 Å². The standard InChI is InChI=1S/C18H29NO2/c1-3-12-19-16-5-4-6-18(14-16)21-17-9-7-15(8-10-17)11-13-20-2/h7-10,16,18-19H,3-6,11-14H2,1-2H3. The van der Waals surface area contributed by atoms with Crippen molar-refractivity contribution in [2.45, 2.75) is 57.6 Å². The van der Waals surface area contributed by atoms with E-state index in [1.165, 1.54) is 31.2 Å². The number of benzene rings is 1. The van der Waals surface area contributed by atoms with Crippen LogP contribution in [0.2, 0.25) is 0 Å². The minimum Gasteiger partial charge on any atom is -0.490 e. The van der Waals surface area contributed by atoms with E-state index in [0.717, 1.165) is 31.7 Å². The summed E-state index contributed by atoms with van der Waals surface area (Å²) in [4.78, 5) is 0. The fraction of sp³-hybridized carbons (Fsp3) is 0.667. The number of nitrogens with one attached hydrogen (secondary N) is 1. The van der Waals surface area contributed by atoms with Crippen LogP contribution in [0.25, 0.3) is 0 Å². The molecule has 2 unspecified atom stereocenters. The minimum atomic E-state index is 0.359. The molecule has 0 spiro atoms. The molecular formula is C18H29NO2. The summed E-state index contributed by atoms with van der Waals surface area (Å²) in [6.45, 7) is 4.11. The molecule has 1 aromatic carbocycles. The van der Waals surface area contributed by atoms with E-state index < -0.39 is 0 Å². The number of hydrogen-bond donors (Lipinski definition) is 1. The van der Waals surface area contributed by atoms with Gasteiger partial charge in [-0.1, -0.05) is 19.1 Å². The number of methoxy groups -OCH3 is 1. The van der Waals surface area contributed by atoms with Crippen LogP contribution in [0.15, 0.2) is 24.3 Å². The molecule has 1 saturated carbocycles. The van der Waals surface area contributed by atoms with Gasteiger partial charge in [0.15, 0.2) is 0 Å². The van der Waals surface area contributed by atoms with Crippen LogP contribution in [0, 0.1) is 0 Å². The van der Waals surface area contributed by atoms with Gasteiger partial charge in [-0.3, -0.25) is 0 Å². The van der Waals surface area contributed by atoms with Crippen LogP contribution in [0.1, 0.15) is 44.6 Å². The molecule has 0 saturated heterocycles. The third-order valence-corrected chi connectivity index (χ3v) is 4.13. The second-order valence-corrected chi connectivity index (χ2v) is 5.94. The molecule has 2 rings (SSSR count). The third kappa shape index (κ3) is 5.68. The molecule has 0 aromatic heterocycles. The van der Waals surface area contributed by atoms with Crippen molar-refractivity contribution in [3.8, 4) is 5.75 Å². The van der Waals surface area contributed by atoms with E-state index in [0.29, 0.717) is 12.1 Å². The highest BCUT2D eigenvalue weighted by Crippen LogP contribution is 2.24. The van der Waals surface area contributed by atoms with Crippen molar-refractivity contribution in [1.29, 1.82) is 0 Å². The Kier molecular flexibility index (Phi) is 7.04. The summed E-state index contributed by atoms with van der Waals surface area (Å²) < 4.78 is 11.3. The van der Waals surface area contributed by atoms with Crippen molar-refractivity contribution < 1.29 is 9.47 Å². The fourth-order valence-corrected chi connectivity index (χ4v) is 2.93. The van der Waals surface area contributed by atoms with Crippen LogP contribution in [0.5, 0.6) is 5.75 Å². The van der Waals surface area contributed by atoms with Crippen molar-refractivity contribution in [2.24, 2.45) is 0 Å². The Morgan fingerprint density at radius 3 is 2.71 bits per heavy atom. The zero-order chi connectivity index (χ0) is 14.9. The van der Waals surface area contributed by atoms with Gasteiger partial charge in [-0.25, -0.2) is 0 Å². The van der Waals surface area contributed by atoms with Crippen LogP contribution in [-0.2, 0) is 11.2 Å². The Morgan fingerprint density at radius 1 is 1.19 bits per heavy atom. The number of hydrogen-bond acceptors (Lipinski definition) is 3. The highest BCUT2D eigenvalue weighted by Gasteiger charge is 2.22. The number of rotatable bonds is 8. The maximum absolute atomic E-state index is 6.15. The second-order valence-electron chi connectivity index (χ2n) is 5.94. The molecule has 3 heteroatoms. The molecule has 2 atom stereocenters. The van der Waals surface area contributed by atoms with Crippen LogP contribution in [-0.4, -0.2) is 32.4 Å². The van der Waals surface area contributed by atoms with Crippen molar-refractivity contribution in [3.05, 3.63) is 29.8 Å². The summed E-state index contributed by atoms with van der Waals surface area (Å²) in [7, 11) is 1.74. The zero-order valence-corrected chi connectivity index (χ0v) is 13.4. The molecule has 0 bridgehead atoms. The van der Waals surface area contributed by atoms with E-state index in [2.05, 4.69) is 36.5 Å². The van der Waals surface area contributed by atoms with Gasteiger partial charge < -0.3 is 14.8 Å². The van der Waals surface area contributed by atoms with Gasteiger partial charge in [0.25, 0.3) is 0 Å². The molecule has 0 aliphatic heterocycles. The van der Waals surface area contributed by atoms with Crippen molar-refractivity contribution in [2.75, 3.05) is 20.3 Å². The van der Waals surface area contributed by atoms with E-state index in [1.54, 1.807) is 7.11 Å². The molecule has 3 nitrogen and oxygen atoms in total. The summed E-state index contributed by atoms with van der Waals surface area (Å²) in [5, 5.41) is 3.63. The molecule has 1 N–H and O–H groups in total. The summed E-state index contributed by atoms with van der Waals surface area (Å²) in [5.74, 6) is 0.998. The van der Waals surface area contributed by atoms with Crippen LogP contribution in [0.3, 0.4) is 0 Å². The quantitative estimate of drug-likeness (QED) is 0.794. The zero-order valence-electron chi connectivity index (χ0n) is 13.4. The molecule has 0 radical (unpaired) electrons. The first-order valence-corrected chi connectivity index (χ1v) is 8.29. The Morgan fingerprint density at radius 2 is 2.00 bits per heavy atom. The molecule has 1 aromatic rings. The molecular weight excluding hydrogens is 262 g/mol. The molecule has 1 aliphatic rings. The first-order chi connectivity index (χ1) is 10.3. The first-order valence-electron chi connectivity index (χ1n) is 8.29. The largest absolute Gasteiger partial charge is 0.490 e. The number of ether oxygens (including phenoxy) is 2. The van der Waals surface area contributed by atoms with Gasteiger partial charge in [0.1, 0.15) is 11.9 Å². The topological polar surface area (TPSA) is 30.5 Å². The summed E-state index contributed by atoms with van der Waals surface area (Å²) in [6, 6.07) is 9.10. The second kappa shape index (κ2) is 9.06. The molecule has 0 amide bonds. The van der Waals surface area contributed by atoms with E-state index >= 15 is 0 Å². The summed E-state index contributed by atoms with van der Waals surface area (Å²) >= 11 is 0. The Balaban J connectivity index is 1.80. The highest BCUT2D eigenvalue weighted by atomic mass is 16.5. The maximum atomic E-state index is 6.15. The SMILES string of the molecule is CCCNC1CCCC(Oc2ccc(CCOC)cc2)C1. The predicted octanol–water partition coefficient (Wildman–Crippen LogP) is 3.57. The van der Waals surface area contributed by atoms with Gasteiger partial charge >= 0.3 is 0 Å². The smallest absolute Gasteiger partial charge is 0.119 e. The Bertz CT molecular complexity index is 391. The van der Waals surface area contributed by atoms with E-state index in [-0.39, 0.29) is 0 Å². The first kappa shape index (κ1) is 16.3. The van der Waals surface area contributed by atoms with Crippen LogP contribution in [0.4, 0.5) is 0 Å². The highest BCUT2D eigenvalue weighted by molar-refractivity contribution is 5.27. The lowest BCUT2D eigenvalue weighted by Crippen LogP contribution is -2.38. The third-order valence-electron chi connectivity index (χ3n) is 4.13. The van der Waals surface area contributed by atoms with Crippen molar-refractivity contribution in [1.82, 2.24) is 5.32 Å². The lowest BCUT2D eigenvalue weighted by atomic mass is 9.92. The molecule has 0 heterocycles. The van der Waals surface area contributed by atoms with Gasteiger partial charge in [-0.2, -0.15) is 0 Å².